The third-order valence-electron chi connectivity index (χ3n) is 6.25. The molecule has 2 heterocycles. The van der Waals surface area contributed by atoms with E-state index in [2.05, 4.69) is 17.2 Å². The summed E-state index contributed by atoms with van der Waals surface area (Å²) in [4.78, 5) is 6.04. The van der Waals surface area contributed by atoms with E-state index in [1.165, 1.54) is 0 Å². The molecular weight excluding hydrogens is 425 g/mol. The molecule has 0 bridgehead atoms. The van der Waals surface area contributed by atoms with Crippen LogP contribution >= 0.6 is 11.6 Å². The molecule has 4 nitrogen and oxygen atoms in total. The second-order valence-electron chi connectivity index (χ2n) is 8.88. The van der Waals surface area contributed by atoms with Crippen LogP contribution in [0.3, 0.4) is 0 Å². The number of benzene rings is 1. The monoisotopic (exact) mass is 454 g/mol. The van der Waals surface area contributed by atoms with Crippen LogP contribution in [0.4, 0.5) is 24.8 Å². The molecule has 170 valence electrons. The zero-order valence-corrected chi connectivity index (χ0v) is 19.1. The fourth-order valence-electron chi connectivity index (χ4n) is 4.74. The third-order valence-corrected chi connectivity index (χ3v) is 6.54. The van der Waals surface area contributed by atoms with Crippen LogP contribution in [0, 0.1) is 19.8 Å². The van der Waals surface area contributed by atoms with E-state index in [9.17, 15) is 13.2 Å². The fourth-order valence-corrected chi connectivity index (χ4v) is 5.16. The Morgan fingerprint density at radius 2 is 1.97 bits per heavy atom. The summed E-state index contributed by atoms with van der Waals surface area (Å²) in [5, 5.41) is 4.03. The van der Waals surface area contributed by atoms with Crippen LogP contribution in [-0.4, -0.2) is 28.7 Å². The molecule has 0 amide bonds. The summed E-state index contributed by atoms with van der Waals surface area (Å²) in [6, 6.07) is 3.92. The van der Waals surface area contributed by atoms with Gasteiger partial charge in [-0.15, -0.1) is 0 Å². The highest BCUT2D eigenvalue weighted by atomic mass is 35.5. The van der Waals surface area contributed by atoms with Gasteiger partial charge in [-0.05, 0) is 69.2 Å². The molecule has 1 unspecified atom stereocenters. The molecule has 2 aromatic rings. The van der Waals surface area contributed by atoms with Crippen molar-refractivity contribution in [1.82, 2.24) is 14.9 Å². The van der Waals surface area contributed by atoms with Gasteiger partial charge in [0.1, 0.15) is 0 Å². The molecule has 1 aromatic carbocycles. The predicted octanol–water partition coefficient (Wildman–Crippen LogP) is 6.03. The van der Waals surface area contributed by atoms with Gasteiger partial charge in [0.25, 0.3) is 0 Å². The second kappa shape index (κ2) is 8.66. The van der Waals surface area contributed by atoms with Gasteiger partial charge in [0.15, 0.2) is 5.69 Å². The number of nitrogens with one attached hydrogen (secondary N) is 1. The Morgan fingerprint density at radius 3 is 2.58 bits per heavy atom. The lowest BCUT2D eigenvalue weighted by molar-refractivity contribution is -0.141. The van der Waals surface area contributed by atoms with Gasteiger partial charge in [-0.2, -0.15) is 13.2 Å². The number of hydrogen-bond donors (Lipinski definition) is 1. The lowest BCUT2D eigenvalue weighted by Crippen LogP contribution is -2.36. The number of anilines is 2. The van der Waals surface area contributed by atoms with Gasteiger partial charge in [-0.25, -0.2) is 4.98 Å². The molecule has 1 saturated carbocycles. The number of fused-ring (bicyclic) bond motifs is 1. The summed E-state index contributed by atoms with van der Waals surface area (Å²) in [7, 11) is 0. The van der Waals surface area contributed by atoms with Gasteiger partial charge in [-0.3, -0.25) is 0 Å². The van der Waals surface area contributed by atoms with Crippen molar-refractivity contribution in [2.75, 3.05) is 18.0 Å². The maximum atomic E-state index is 14.1. The quantitative estimate of drug-likeness (QED) is 0.554. The molecule has 8 heteroatoms. The van der Waals surface area contributed by atoms with Crippen LogP contribution in [0.5, 0.6) is 0 Å². The van der Waals surface area contributed by atoms with E-state index in [0.29, 0.717) is 42.1 Å². The predicted molar refractivity (Wildman–Crippen MR) is 118 cm³/mol. The molecule has 1 atom stereocenters. The van der Waals surface area contributed by atoms with Crippen LogP contribution in [-0.2, 0) is 19.1 Å². The molecule has 1 aromatic heterocycles. The smallest absolute Gasteiger partial charge is 0.313 e. The molecule has 1 aliphatic carbocycles. The van der Waals surface area contributed by atoms with Crippen molar-refractivity contribution in [3.05, 3.63) is 39.7 Å². The first-order chi connectivity index (χ1) is 14.7. The Labute approximate surface area is 186 Å². The molecule has 0 radical (unpaired) electrons. The Hall–Kier alpha value is -1.73. The number of imidazole rings is 1. The van der Waals surface area contributed by atoms with Gasteiger partial charge < -0.3 is 14.8 Å². The first-order valence-corrected chi connectivity index (χ1v) is 11.5. The summed E-state index contributed by atoms with van der Waals surface area (Å²) in [5.74, 6) is 0.805. The maximum Gasteiger partial charge on any atom is 0.435 e. The minimum atomic E-state index is -4.49. The number of alkyl halides is 3. The Kier molecular flexibility index (Phi) is 6.28. The highest BCUT2D eigenvalue weighted by Crippen LogP contribution is 2.43. The van der Waals surface area contributed by atoms with Gasteiger partial charge in [0, 0.05) is 25.6 Å². The SMILES string of the molecule is CCCNC(Cc1c(C(F)(F)F)nc2n1CCCN2c1c(C)cc(C)cc1Cl)C1CC1. The topological polar surface area (TPSA) is 33.1 Å². The molecule has 2 aliphatic rings. The van der Waals surface area contributed by atoms with E-state index in [1.807, 2.05) is 30.9 Å². The zero-order chi connectivity index (χ0) is 22.3. The van der Waals surface area contributed by atoms with E-state index >= 15 is 0 Å². The first-order valence-electron chi connectivity index (χ1n) is 11.1. The van der Waals surface area contributed by atoms with Gasteiger partial charge >= 0.3 is 6.18 Å². The molecule has 1 N–H and O–H groups in total. The molecule has 4 rings (SSSR count). The number of hydrogen-bond acceptors (Lipinski definition) is 3. The average molecular weight is 455 g/mol. The summed E-state index contributed by atoms with van der Waals surface area (Å²) in [6.07, 6.45) is -0.286. The van der Waals surface area contributed by atoms with Crippen molar-refractivity contribution < 1.29 is 13.2 Å². The van der Waals surface area contributed by atoms with E-state index < -0.39 is 11.9 Å². The molecule has 1 aliphatic heterocycles. The number of rotatable bonds is 7. The second-order valence-corrected chi connectivity index (χ2v) is 9.28. The standard InChI is InChI=1S/C23H30ClF3N4/c1-4-8-28-18(16-6-7-16)13-19-21(23(25,26)27)29-22-30(19)9-5-10-31(22)20-15(3)11-14(2)12-17(20)24/h11-12,16,18,28H,4-10,13H2,1-3H3. The van der Waals surface area contributed by atoms with E-state index in [-0.39, 0.29) is 6.04 Å². The lowest BCUT2D eigenvalue weighted by Gasteiger charge is -2.32. The molecular formula is C23H30ClF3N4. The molecule has 1 fully saturated rings. The van der Waals surface area contributed by atoms with Crippen molar-refractivity contribution in [2.45, 2.75) is 71.6 Å². The van der Waals surface area contributed by atoms with Crippen LogP contribution in [0.15, 0.2) is 12.1 Å². The minimum Gasteiger partial charge on any atom is -0.313 e. The lowest BCUT2D eigenvalue weighted by atomic mass is 10.0. The normalized spacial score (nSPS) is 17.7. The molecule has 0 saturated heterocycles. The van der Waals surface area contributed by atoms with Crippen LogP contribution in [0.1, 0.15) is 55.1 Å². The fraction of sp³-hybridized carbons (Fsp3) is 0.609. The highest BCUT2D eigenvalue weighted by molar-refractivity contribution is 6.33. The largest absolute Gasteiger partial charge is 0.435 e. The number of aromatic nitrogens is 2. The third kappa shape index (κ3) is 4.58. The van der Waals surface area contributed by atoms with Gasteiger partial charge in [0.05, 0.1) is 16.4 Å². The average Bonchev–Trinajstić information content (AvgIpc) is 3.45. The number of nitrogens with zero attached hydrogens (tertiary/aromatic N) is 3. The molecule has 31 heavy (non-hydrogen) atoms. The summed E-state index contributed by atoms with van der Waals surface area (Å²) in [6.45, 7) is 7.92. The number of aryl methyl sites for hydroxylation is 2. The van der Waals surface area contributed by atoms with Crippen molar-refractivity contribution >= 4 is 23.2 Å². The Bertz CT molecular complexity index is 926. The molecule has 0 spiro atoms. The van der Waals surface area contributed by atoms with Crippen molar-refractivity contribution in [3.8, 4) is 0 Å². The highest BCUT2D eigenvalue weighted by Gasteiger charge is 2.42. The van der Waals surface area contributed by atoms with E-state index in [0.717, 1.165) is 49.0 Å². The van der Waals surface area contributed by atoms with Crippen LogP contribution < -0.4 is 10.2 Å². The summed E-state index contributed by atoms with van der Waals surface area (Å²) >= 11 is 6.55. The van der Waals surface area contributed by atoms with Gasteiger partial charge in [-0.1, -0.05) is 24.6 Å². The van der Waals surface area contributed by atoms with Crippen LogP contribution in [0.25, 0.3) is 0 Å². The maximum absolute atomic E-state index is 14.1. The Morgan fingerprint density at radius 1 is 1.23 bits per heavy atom. The van der Waals surface area contributed by atoms with E-state index in [4.69, 9.17) is 11.6 Å². The minimum absolute atomic E-state index is 0.0573. The summed E-state index contributed by atoms with van der Waals surface area (Å²) < 4.78 is 43.9. The van der Waals surface area contributed by atoms with Crippen LogP contribution in [0.2, 0.25) is 5.02 Å². The number of halogens is 4. The van der Waals surface area contributed by atoms with Crippen molar-refractivity contribution in [2.24, 2.45) is 5.92 Å². The first kappa shape index (κ1) is 22.5. The van der Waals surface area contributed by atoms with Gasteiger partial charge in [0.2, 0.25) is 5.95 Å². The van der Waals surface area contributed by atoms with Crippen molar-refractivity contribution in [1.29, 1.82) is 0 Å². The summed E-state index contributed by atoms with van der Waals surface area (Å²) in [5.41, 5.74) is 2.27. The Balaban J connectivity index is 1.78. The van der Waals surface area contributed by atoms with E-state index in [1.54, 1.807) is 4.57 Å². The van der Waals surface area contributed by atoms with Crippen molar-refractivity contribution in [3.63, 3.8) is 0 Å². The zero-order valence-electron chi connectivity index (χ0n) is 18.3.